The number of aromatic nitrogens is 3. The standard InChI is InChI=1S/C19H21N5O/c1-12-6-3-4-9-15(12)17-11-16(13-7-5-8-14(10-13)25-2)21-19-22-18(20)23-24(17)19/h3-10,16-17H,11H2,1-2H3,(H3,20,21,22,23)/t16-,17-/m0/s1. The fourth-order valence-electron chi connectivity index (χ4n) is 3.49. The van der Waals surface area contributed by atoms with Crippen LogP contribution < -0.4 is 15.8 Å². The summed E-state index contributed by atoms with van der Waals surface area (Å²) < 4.78 is 7.27. The summed E-state index contributed by atoms with van der Waals surface area (Å²) in [6, 6.07) is 16.7. The molecule has 2 atom stereocenters. The molecular formula is C19H21N5O. The minimum Gasteiger partial charge on any atom is -0.497 e. The third-order valence-electron chi connectivity index (χ3n) is 4.75. The summed E-state index contributed by atoms with van der Waals surface area (Å²) in [6.07, 6.45) is 0.855. The van der Waals surface area contributed by atoms with Gasteiger partial charge in [-0.3, -0.25) is 0 Å². The summed E-state index contributed by atoms with van der Waals surface area (Å²) in [5.74, 6) is 1.83. The van der Waals surface area contributed by atoms with Gasteiger partial charge in [0.2, 0.25) is 11.9 Å². The van der Waals surface area contributed by atoms with Crippen molar-refractivity contribution in [1.82, 2.24) is 14.8 Å². The number of methoxy groups -OCH3 is 1. The van der Waals surface area contributed by atoms with Crippen LogP contribution >= 0.6 is 0 Å². The van der Waals surface area contributed by atoms with Gasteiger partial charge in [-0.25, -0.2) is 4.68 Å². The molecule has 0 bridgehead atoms. The fraction of sp³-hybridized carbons (Fsp3) is 0.263. The Labute approximate surface area is 146 Å². The monoisotopic (exact) mass is 335 g/mol. The van der Waals surface area contributed by atoms with Crippen molar-refractivity contribution in [3.8, 4) is 5.75 Å². The van der Waals surface area contributed by atoms with Crippen LogP contribution in [-0.2, 0) is 0 Å². The Balaban J connectivity index is 1.77. The van der Waals surface area contributed by atoms with E-state index in [2.05, 4.69) is 58.7 Å². The van der Waals surface area contributed by atoms with Gasteiger partial charge < -0.3 is 15.8 Å². The summed E-state index contributed by atoms with van der Waals surface area (Å²) >= 11 is 0. The number of nitrogens with two attached hydrogens (primary N) is 1. The number of ether oxygens (including phenoxy) is 1. The van der Waals surface area contributed by atoms with Gasteiger partial charge in [-0.2, -0.15) is 4.98 Å². The first-order valence-electron chi connectivity index (χ1n) is 8.33. The highest BCUT2D eigenvalue weighted by molar-refractivity contribution is 5.44. The van der Waals surface area contributed by atoms with Crippen LogP contribution in [0.25, 0.3) is 0 Å². The molecule has 0 fully saturated rings. The van der Waals surface area contributed by atoms with E-state index < -0.39 is 0 Å². The number of rotatable bonds is 3. The predicted octanol–water partition coefficient (Wildman–Crippen LogP) is 3.32. The predicted molar refractivity (Wildman–Crippen MR) is 97.7 cm³/mol. The zero-order valence-electron chi connectivity index (χ0n) is 14.3. The minimum absolute atomic E-state index is 0.0819. The molecule has 1 aliphatic rings. The second-order valence-corrected chi connectivity index (χ2v) is 6.32. The van der Waals surface area contributed by atoms with Crippen molar-refractivity contribution in [2.45, 2.75) is 25.4 Å². The number of nitrogen functional groups attached to an aromatic ring is 1. The van der Waals surface area contributed by atoms with Crippen LogP contribution in [0.3, 0.4) is 0 Å². The summed E-state index contributed by atoms with van der Waals surface area (Å²) in [4.78, 5) is 4.36. The molecule has 25 heavy (non-hydrogen) atoms. The second-order valence-electron chi connectivity index (χ2n) is 6.32. The zero-order valence-corrected chi connectivity index (χ0v) is 14.3. The smallest absolute Gasteiger partial charge is 0.241 e. The Morgan fingerprint density at radius 1 is 1.20 bits per heavy atom. The van der Waals surface area contributed by atoms with Gasteiger partial charge in [0, 0.05) is 0 Å². The van der Waals surface area contributed by atoms with Crippen LogP contribution in [0, 0.1) is 6.92 Å². The average molecular weight is 335 g/mol. The van der Waals surface area contributed by atoms with Gasteiger partial charge >= 0.3 is 0 Å². The first kappa shape index (κ1) is 15.5. The number of hydrogen-bond donors (Lipinski definition) is 2. The fourth-order valence-corrected chi connectivity index (χ4v) is 3.49. The van der Waals surface area contributed by atoms with E-state index in [1.54, 1.807) is 7.11 Å². The molecule has 0 saturated carbocycles. The van der Waals surface area contributed by atoms with Crippen LogP contribution in [0.4, 0.5) is 11.9 Å². The first-order chi connectivity index (χ1) is 12.2. The molecule has 3 N–H and O–H groups in total. The van der Waals surface area contributed by atoms with Crippen molar-refractivity contribution < 1.29 is 4.74 Å². The SMILES string of the molecule is COc1cccc([C@@H]2C[C@@H](c3ccccc3C)n3nc(N)nc3N2)c1. The summed E-state index contributed by atoms with van der Waals surface area (Å²) in [7, 11) is 1.68. The van der Waals surface area contributed by atoms with Gasteiger partial charge in [0.15, 0.2) is 0 Å². The molecule has 4 rings (SSSR count). The van der Waals surface area contributed by atoms with Crippen molar-refractivity contribution in [3.05, 3.63) is 65.2 Å². The lowest BCUT2D eigenvalue weighted by Gasteiger charge is -2.32. The number of anilines is 2. The van der Waals surface area contributed by atoms with Gasteiger partial charge in [0.05, 0.1) is 19.2 Å². The van der Waals surface area contributed by atoms with E-state index in [1.807, 2.05) is 16.8 Å². The molecule has 0 spiro atoms. The Hall–Kier alpha value is -3.02. The Morgan fingerprint density at radius 2 is 2.04 bits per heavy atom. The number of fused-ring (bicyclic) bond motifs is 1. The summed E-state index contributed by atoms with van der Waals surface area (Å²) in [6.45, 7) is 2.12. The Bertz CT molecular complexity index is 904. The molecule has 2 heterocycles. The van der Waals surface area contributed by atoms with Crippen molar-refractivity contribution in [3.63, 3.8) is 0 Å². The van der Waals surface area contributed by atoms with E-state index >= 15 is 0 Å². The molecule has 128 valence electrons. The normalized spacial score (nSPS) is 19.1. The van der Waals surface area contributed by atoms with E-state index in [0.717, 1.165) is 17.7 Å². The molecule has 2 aromatic carbocycles. The Kier molecular flexibility index (Phi) is 3.80. The van der Waals surface area contributed by atoms with Gasteiger partial charge in [0.25, 0.3) is 0 Å². The second kappa shape index (κ2) is 6.12. The number of benzene rings is 2. The maximum Gasteiger partial charge on any atom is 0.241 e. The highest BCUT2D eigenvalue weighted by Gasteiger charge is 2.31. The van der Waals surface area contributed by atoms with E-state index in [1.165, 1.54) is 11.1 Å². The zero-order chi connectivity index (χ0) is 17.4. The minimum atomic E-state index is 0.0819. The molecule has 0 saturated heterocycles. The van der Waals surface area contributed by atoms with Gasteiger partial charge in [-0.15, -0.1) is 5.10 Å². The number of aryl methyl sites for hydroxylation is 1. The van der Waals surface area contributed by atoms with E-state index in [-0.39, 0.29) is 18.0 Å². The van der Waals surface area contributed by atoms with Crippen LogP contribution in [0.15, 0.2) is 48.5 Å². The van der Waals surface area contributed by atoms with Crippen LogP contribution in [0.1, 0.15) is 35.2 Å². The maximum absolute atomic E-state index is 5.86. The number of nitrogens with zero attached hydrogens (tertiary/aromatic N) is 3. The van der Waals surface area contributed by atoms with Crippen LogP contribution in [-0.4, -0.2) is 21.9 Å². The van der Waals surface area contributed by atoms with Gasteiger partial charge in [-0.05, 0) is 42.2 Å². The molecule has 3 aromatic rings. The van der Waals surface area contributed by atoms with Gasteiger partial charge in [-0.1, -0.05) is 36.4 Å². The number of hydrogen-bond acceptors (Lipinski definition) is 5. The molecule has 0 amide bonds. The highest BCUT2D eigenvalue weighted by atomic mass is 16.5. The third-order valence-corrected chi connectivity index (χ3v) is 4.75. The summed E-state index contributed by atoms with van der Waals surface area (Å²) in [5.41, 5.74) is 9.50. The summed E-state index contributed by atoms with van der Waals surface area (Å²) in [5, 5.41) is 7.87. The molecule has 0 aliphatic carbocycles. The lowest BCUT2D eigenvalue weighted by Crippen LogP contribution is -2.28. The third kappa shape index (κ3) is 2.80. The molecule has 6 nitrogen and oxygen atoms in total. The maximum atomic E-state index is 5.86. The molecular weight excluding hydrogens is 314 g/mol. The molecule has 0 unspecified atom stereocenters. The van der Waals surface area contributed by atoms with E-state index in [4.69, 9.17) is 10.5 Å². The average Bonchev–Trinajstić information content (AvgIpc) is 3.01. The topological polar surface area (TPSA) is 78.0 Å². The lowest BCUT2D eigenvalue weighted by molar-refractivity contribution is 0.410. The number of nitrogens with one attached hydrogen (secondary N) is 1. The Morgan fingerprint density at radius 3 is 2.84 bits per heavy atom. The van der Waals surface area contributed by atoms with Crippen molar-refractivity contribution in [2.75, 3.05) is 18.2 Å². The largest absolute Gasteiger partial charge is 0.497 e. The van der Waals surface area contributed by atoms with Crippen LogP contribution in [0.2, 0.25) is 0 Å². The van der Waals surface area contributed by atoms with Crippen molar-refractivity contribution in [1.29, 1.82) is 0 Å². The first-order valence-corrected chi connectivity index (χ1v) is 8.33. The quantitative estimate of drug-likeness (QED) is 0.768. The van der Waals surface area contributed by atoms with Crippen molar-refractivity contribution in [2.24, 2.45) is 0 Å². The van der Waals surface area contributed by atoms with Crippen molar-refractivity contribution >= 4 is 11.9 Å². The van der Waals surface area contributed by atoms with E-state index in [9.17, 15) is 0 Å². The molecule has 6 heteroatoms. The molecule has 0 radical (unpaired) electrons. The molecule has 1 aromatic heterocycles. The van der Waals surface area contributed by atoms with Gasteiger partial charge in [0.1, 0.15) is 5.75 Å². The molecule has 1 aliphatic heterocycles. The van der Waals surface area contributed by atoms with E-state index in [0.29, 0.717) is 5.95 Å². The lowest BCUT2D eigenvalue weighted by atomic mass is 9.91. The highest BCUT2D eigenvalue weighted by Crippen LogP contribution is 2.39. The van der Waals surface area contributed by atoms with Crippen LogP contribution in [0.5, 0.6) is 5.75 Å².